The second-order valence-corrected chi connectivity index (χ2v) is 7.35. The minimum absolute atomic E-state index is 0.0696. The number of benzene rings is 3. The molecule has 0 aliphatic carbocycles. The van der Waals surface area contributed by atoms with Crippen LogP contribution in [0.3, 0.4) is 0 Å². The van der Waals surface area contributed by atoms with Crippen LogP contribution in [0.25, 0.3) is 0 Å². The number of ketones is 1. The van der Waals surface area contributed by atoms with Crippen molar-refractivity contribution in [2.75, 3.05) is 5.32 Å². The minimum Gasteiger partial charge on any atom is -0.378 e. The van der Waals surface area contributed by atoms with E-state index in [9.17, 15) is 9.18 Å². The van der Waals surface area contributed by atoms with Crippen LogP contribution in [0.2, 0.25) is 0 Å². The first-order chi connectivity index (χ1) is 13.0. The molecule has 1 N–H and O–H groups in total. The molecule has 27 heavy (non-hydrogen) atoms. The summed E-state index contributed by atoms with van der Waals surface area (Å²) in [6.07, 6.45) is 1.26. The van der Waals surface area contributed by atoms with Crippen LogP contribution in [0.15, 0.2) is 77.3 Å². The number of carbonyl (C=O) groups excluding carboxylic acids is 1. The number of rotatable bonds is 7. The summed E-state index contributed by atoms with van der Waals surface area (Å²) in [7, 11) is 0. The molecule has 0 aromatic heterocycles. The molecular weight excluding hydrogens is 405 g/mol. The predicted octanol–water partition coefficient (Wildman–Crippen LogP) is 6.58. The van der Waals surface area contributed by atoms with E-state index in [0.717, 1.165) is 22.1 Å². The van der Waals surface area contributed by atoms with Gasteiger partial charge in [-0.3, -0.25) is 4.79 Å². The lowest BCUT2D eigenvalue weighted by Gasteiger charge is -2.20. The fraction of sp³-hybridized carbons (Fsp3) is 0.174. The summed E-state index contributed by atoms with van der Waals surface area (Å²) in [4.78, 5) is 12.8. The van der Waals surface area contributed by atoms with Gasteiger partial charge in [0.1, 0.15) is 5.82 Å². The Morgan fingerprint density at radius 1 is 0.963 bits per heavy atom. The predicted molar refractivity (Wildman–Crippen MR) is 112 cm³/mol. The maximum atomic E-state index is 13.2. The Labute approximate surface area is 167 Å². The van der Waals surface area contributed by atoms with Gasteiger partial charge in [0.2, 0.25) is 0 Å². The van der Waals surface area contributed by atoms with Gasteiger partial charge in [-0.2, -0.15) is 0 Å². The summed E-state index contributed by atoms with van der Waals surface area (Å²) in [5, 5.41) is 3.36. The largest absolute Gasteiger partial charge is 0.378 e. The topological polar surface area (TPSA) is 29.1 Å². The van der Waals surface area contributed by atoms with Gasteiger partial charge in [0, 0.05) is 22.1 Å². The second kappa shape index (κ2) is 8.96. The van der Waals surface area contributed by atoms with Gasteiger partial charge < -0.3 is 5.32 Å². The van der Waals surface area contributed by atoms with E-state index in [1.54, 1.807) is 12.1 Å². The zero-order valence-electron chi connectivity index (χ0n) is 15.1. The fourth-order valence-corrected chi connectivity index (χ4v) is 3.19. The van der Waals surface area contributed by atoms with E-state index in [-0.39, 0.29) is 17.6 Å². The fourth-order valence-electron chi connectivity index (χ4n) is 2.92. The molecule has 0 aliphatic rings. The standard InChI is InChI=1S/C23H21BrFNO/c1-2-16-3-5-18(6-4-16)23(27)15-22(17-7-9-19(24)10-8-17)26-21-13-11-20(25)12-14-21/h3-14,22,26H,2,15H2,1H3. The number of halogens is 2. The molecule has 3 rings (SSSR count). The number of nitrogens with one attached hydrogen (secondary N) is 1. The van der Waals surface area contributed by atoms with Gasteiger partial charge in [-0.05, 0) is 53.9 Å². The van der Waals surface area contributed by atoms with Crippen LogP contribution < -0.4 is 5.32 Å². The maximum Gasteiger partial charge on any atom is 0.165 e. The van der Waals surface area contributed by atoms with Crippen molar-refractivity contribution >= 4 is 27.4 Å². The molecule has 0 heterocycles. The molecular formula is C23H21BrFNO. The lowest BCUT2D eigenvalue weighted by atomic mass is 9.97. The highest BCUT2D eigenvalue weighted by atomic mass is 79.9. The average Bonchev–Trinajstić information content (AvgIpc) is 2.70. The number of aryl methyl sites for hydroxylation is 1. The third kappa shape index (κ3) is 5.27. The van der Waals surface area contributed by atoms with Gasteiger partial charge in [0.25, 0.3) is 0 Å². The summed E-state index contributed by atoms with van der Waals surface area (Å²) in [6.45, 7) is 2.09. The van der Waals surface area contributed by atoms with Crippen molar-refractivity contribution in [1.29, 1.82) is 0 Å². The maximum absolute atomic E-state index is 13.2. The van der Waals surface area contributed by atoms with Crippen LogP contribution in [-0.4, -0.2) is 5.78 Å². The van der Waals surface area contributed by atoms with Crippen molar-refractivity contribution in [1.82, 2.24) is 0 Å². The molecule has 0 bridgehead atoms. The Morgan fingerprint density at radius 2 is 1.59 bits per heavy atom. The Kier molecular flexibility index (Phi) is 6.40. The Bertz CT molecular complexity index is 889. The van der Waals surface area contributed by atoms with Crippen molar-refractivity contribution < 1.29 is 9.18 Å². The minimum atomic E-state index is -0.284. The van der Waals surface area contributed by atoms with E-state index >= 15 is 0 Å². The molecule has 0 radical (unpaired) electrons. The van der Waals surface area contributed by atoms with Gasteiger partial charge in [0.05, 0.1) is 6.04 Å². The van der Waals surface area contributed by atoms with Crippen LogP contribution in [0, 0.1) is 5.82 Å². The molecule has 0 amide bonds. The zero-order chi connectivity index (χ0) is 19.2. The number of carbonyl (C=O) groups is 1. The van der Waals surface area contributed by atoms with Crippen molar-refractivity contribution in [3.8, 4) is 0 Å². The summed E-state index contributed by atoms with van der Waals surface area (Å²) in [5.41, 5.74) is 3.69. The van der Waals surface area contributed by atoms with Crippen LogP contribution in [0.1, 0.15) is 40.9 Å². The Hall–Kier alpha value is -2.46. The summed E-state index contributed by atoms with van der Waals surface area (Å²) in [5.74, 6) is -0.215. The molecule has 1 unspecified atom stereocenters. The highest BCUT2D eigenvalue weighted by Crippen LogP contribution is 2.26. The van der Waals surface area contributed by atoms with Gasteiger partial charge in [-0.15, -0.1) is 0 Å². The molecule has 0 spiro atoms. The Balaban J connectivity index is 1.82. The molecule has 2 nitrogen and oxygen atoms in total. The van der Waals surface area contributed by atoms with E-state index < -0.39 is 0 Å². The third-order valence-electron chi connectivity index (χ3n) is 4.53. The Morgan fingerprint density at radius 3 is 2.19 bits per heavy atom. The van der Waals surface area contributed by atoms with Crippen LogP contribution in [0.4, 0.5) is 10.1 Å². The van der Waals surface area contributed by atoms with Crippen molar-refractivity contribution in [2.45, 2.75) is 25.8 Å². The smallest absolute Gasteiger partial charge is 0.165 e. The molecule has 0 saturated heterocycles. The number of Topliss-reactive ketones (excluding diaryl/α,β-unsaturated/α-hetero) is 1. The van der Waals surface area contributed by atoms with E-state index in [1.807, 2.05) is 48.5 Å². The van der Waals surface area contributed by atoms with Crippen LogP contribution >= 0.6 is 15.9 Å². The number of hydrogen-bond donors (Lipinski definition) is 1. The van der Waals surface area contributed by atoms with Crippen molar-refractivity contribution in [3.63, 3.8) is 0 Å². The number of anilines is 1. The molecule has 3 aromatic rings. The zero-order valence-corrected chi connectivity index (χ0v) is 16.7. The molecule has 0 fully saturated rings. The van der Waals surface area contributed by atoms with E-state index in [4.69, 9.17) is 0 Å². The van der Waals surface area contributed by atoms with E-state index in [2.05, 4.69) is 28.2 Å². The molecule has 4 heteroatoms. The second-order valence-electron chi connectivity index (χ2n) is 6.43. The van der Waals surface area contributed by atoms with Crippen LogP contribution in [0.5, 0.6) is 0 Å². The lowest BCUT2D eigenvalue weighted by Crippen LogP contribution is -2.16. The van der Waals surface area contributed by atoms with E-state index in [0.29, 0.717) is 12.0 Å². The molecule has 0 aliphatic heterocycles. The van der Waals surface area contributed by atoms with Gasteiger partial charge >= 0.3 is 0 Å². The van der Waals surface area contributed by atoms with Gasteiger partial charge in [0.15, 0.2) is 5.78 Å². The molecule has 138 valence electrons. The highest BCUT2D eigenvalue weighted by Gasteiger charge is 2.17. The summed E-state index contributed by atoms with van der Waals surface area (Å²) >= 11 is 3.44. The monoisotopic (exact) mass is 425 g/mol. The SMILES string of the molecule is CCc1ccc(C(=O)CC(Nc2ccc(F)cc2)c2ccc(Br)cc2)cc1. The quantitative estimate of drug-likeness (QED) is 0.433. The number of hydrogen-bond acceptors (Lipinski definition) is 2. The van der Waals surface area contributed by atoms with E-state index in [1.165, 1.54) is 17.7 Å². The first kappa shape index (κ1) is 19.3. The first-order valence-electron chi connectivity index (χ1n) is 8.95. The molecule has 3 aromatic carbocycles. The lowest BCUT2D eigenvalue weighted by molar-refractivity contribution is 0.0976. The van der Waals surface area contributed by atoms with Crippen LogP contribution in [-0.2, 0) is 6.42 Å². The normalized spacial score (nSPS) is 11.8. The summed E-state index contributed by atoms with van der Waals surface area (Å²) in [6, 6.07) is 21.6. The van der Waals surface area contributed by atoms with Gasteiger partial charge in [-0.1, -0.05) is 59.3 Å². The van der Waals surface area contributed by atoms with Crippen molar-refractivity contribution in [2.24, 2.45) is 0 Å². The summed E-state index contributed by atoms with van der Waals surface area (Å²) < 4.78 is 14.2. The first-order valence-corrected chi connectivity index (χ1v) is 9.74. The average molecular weight is 426 g/mol. The van der Waals surface area contributed by atoms with Gasteiger partial charge in [-0.25, -0.2) is 4.39 Å². The molecule has 1 atom stereocenters. The highest BCUT2D eigenvalue weighted by molar-refractivity contribution is 9.10. The molecule has 0 saturated carbocycles. The van der Waals surface area contributed by atoms with Crippen molar-refractivity contribution in [3.05, 3.63) is 99.8 Å². The third-order valence-corrected chi connectivity index (χ3v) is 5.06.